The molecule has 0 aliphatic carbocycles. The Bertz CT molecular complexity index is 457. The fraction of sp³-hybridized carbons (Fsp3) is 0.429. The Kier molecular flexibility index (Phi) is 6.56. The van der Waals surface area contributed by atoms with Crippen LogP contribution in [-0.4, -0.2) is 11.9 Å². The fourth-order valence-electron chi connectivity index (χ4n) is 1.42. The van der Waals surface area contributed by atoms with E-state index in [9.17, 15) is 9.59 Å². The summed E-state index contributed by atoms with van der Waals surface area (Å²) < 4.78 is 11.0. The normalized spacial score (nSPS) is 10.1. The van der Waals surface area contributed by atoms with Crippen LogP contribution in [0.4, 0.5) is 0 Å². The SMILES string of the molecule is CCCC(=O)Oc1cccc(Br)c1OC(=O)CCC. The van der Waals surface area contributed by atoms with Crippen molar-refractivity contribution < 1.29 is 19.1 Å². The molecular formula is C14H17BrO4. The van der Waals surface area contributed by atoms with Gasteiger partial charge in [0.25, 0.3) is 0 Å². The van der Waals surface area contributed by atoms with Crippen LogP contribution >= 0.6 is 15.9 Å². The first kappa shape index (κ1) is 15.7. The van der Waals surface area contributed by atoms with E-state index in [0.29, 0.717) is 30.2 Å². The third kappa shape index (κ3) is 5.03. The van der Waals surface area contributed by atoms with Crippen LogP contribution in [0, 0.1) is 0 Å². The maximum absolute atomic E-state index is 11.5. The van der Waals surface area contributed by atoms with Crippen molar-refractivity contribution in [1.82, 2.24) is 0 Å². The number of carbonyl (C=O) groups excluding carboxylic acids is 2. The number of hydrogen-bond donors (Lipinski definition) is 0. The largest absolute Gasteiger partial charge is 0.422 e. The molecule has 1 aromatic carbocycles. The van der Waals surface area contributed by atoms with E-state index in [1.54, 1.807) is 18.2 Å². The Hall–Kier alpha value is -1.36. The van der Waals surface area contributed by atoms with E-state index in [0.717, 1.165) is 0 Å². The van der Waals surface area contributed by atoms with Gasteiger partial charge in [-0.05, 0) is 40.9 Å². The number of benzene rings is 1. The van der Waals surface area contributed by atoms with Gasteiger partial charge in [-0.1, -0.05) is 19.9 Å². The molecule has 0 fully saturated rings. The lowest BCUT2D eigenvalue weighted by atomic mass is 10.3. The predicted molar refractivity (Wildman–Crippen MR) is 75.2 cm³/mol. The van der Waals surface area contributed by atoms with Gasteiger partial charge in [0.1, 0.15) is 0 Å². The molecule has 0 aromatic heterocycles. The van der Waals surface area contributed by atoms with Gasteiger partial charge in [0.05, 0.1) is 4.47 Å². The van der Waals surface area contributed by atoms with Gasteiger partial charge in [-0.3, -0.25) is 9.59 Å². The van der Waals surface area contributed by atoms with Crippen LogP contribution < -0.4 is 9.47 Å². The molecule has 5 heteroatoms. The molecule has 0 unspecified atom stereocenters. The van der Waals surface area contributed by atoms with Crippen LogP contribution in [0.3, 0.4) is 0 Å². The van der Waals surface area contributed by atoms with Crippen LogP contribution in [-0.2, 0) is 9.59 Å². The number of rotatable bonds is 6. The third-order valence-corrected chi connectivity index (χ3v) is 2.90. The molecule has 0 heterocycles. The van der Waals surface area contributed by atoms with Gasteiger partial charge in [0.15, 0.2) is 11.5 Å². The van der Waals surface area contributed by atoms with Crippen molar-refractivity contribution in [1.29, 1.82) is 0 Å². The first-order valence-corrected chi connectivity index (χ1v) is 7.07. The number of halogens is 1. The average Bonchev–Trinajstić information content (AvgIpc) is 2.34. The molecule has 0 saturated heterocycles. The quantitative estimate of drug-likeness (QED) is 0.587. The van der Waals surface area contributed by atoms with Crippen molar-refractivity contribution in [2.75, 3.05) is 0 Å². The lowest BCUT2D eigenvalue weighted by molar-refractivity contribution is -0.137. The van der Waals surface area contributed by atoms with Crippen molar-refractivity contribution in [2.45, 2.75) is 39.5 Å². The second-order valence-corrected chi connectivity index (χ2v) is 4.87. The fourth-order valence-corrected chi connectivity index (χ4v) is 1.84. The maximum Gasteiger partial charge on any atom is 0.311 e. The van der Waals surface area contributed by atoms with E-state index in [4.69, 9.17) is 9.47 Å². The monoisotopic (exact) mass is 328 g/mol. The smallest absolute Gasteiger partial charge is 0.311 e. The Morgan fingerprint density at radius 1 is 1.05 bits per heavy atom. The minimum absolute atomic E-state index is 0.255. The van der Waals surface area contributed by atoms with Crippen LogP contribution in [0.2, 0.25) is 0 Å². The van der Waals surface area contributed by atoms with Crippen molar-refractivity contribution in [3.63, 3.8) is 0 Å². The summed E-state index contributed by atoms with van der Waals surface area (Å²) in [5.74, 6) is -0.168. The van der Waals surface area contributed by atoms with E-state index in [-0.39, 0.29) is 23.4 Å². The van der Waals surface area contributed by atoms with Gasteiger partial charge in [-0.2, -0.15) is 0 Å². The molecule has 0 saturated carbocycles. The van der Waals surface area contributed by atoms with E-state index < -0.39 is 0 Å². The second kappa shape index (κ2) is 7.94. The van der Waals surface area contributed by atoms with Gasteiger partial charge in [0, 0.05) is 12.8 Å². The molecule has 0 amide bonds. The highest BCUT2D eigenvalue weighted by Crippen LogP contribution is 2.35. The topological polar surface area (TPSA) is 52.6 Å². The zero-order valence-corrected chi connectivity index (χ0v) is 12.7. The highest BCUT2D eigenvalue weighted by molar-refractivity contribution is 9.10. The Labute approximate surface area is 121 Å². The standard InChI is InChI=1S/C14H17BrO4/c1-3-6-12(16)18-11-9-5-8-10(15)14(11)19-13(17)7-4-2/h5,8-9H,3-4,6-7H2,1-2H3. The lowest BCUT2D eigenvalue weighted by Gasteiger charge is -2.11. The van der Waals surface area contributed by atoms with Crippen molar-refractivity contribution in [3.05, 3.63) is 22.7 Å². The average molecular weight is 329 g/mol. The molecule has 19 heavy (non-hydrogen) atoms. The summed E-state index contributed by atoms with van der Waals surface area (Å²) in [4.78, 5) is 23.1. The summed E-state index contributed by atoms with van der Waals surface area (Å²) in [5.41, 5.74) is 0. The second-order valence-electron chi connectivity index (χ2n) is 4.02. The van der Waals surface area contributed by atoms with Crippen molar-refractivity contribution >= 4 is 27.9 Å². The van der Waals surface area contributed by atoms with Crippen molar-refractivity contribution in [2.24, 2.45) is 0 Å². The maximum atomic E-state index is 11.5. The summed E-state index contributed by atoms with van der Waals surface area (Å²) >= 11 is 3.29. The van der Waals surface area contributed by atoms with Gasteiger partial charge >= 0.3 is 11.9 Å². The zero-order valence-electron chi connectivity index (χ0n) is 11.1. The van der Waals surface area contributed by atoms with Gasteiger partial charge < -0.3 is 9.47 Å². The van der Waals surface area contributed by atoms with Gasteiger partial charge in [-0.25, -0.2) is 0 Å². The molecule has 104 valence electrons. The van der Waals surface area contributed by atoms with E-state index in [1.807, 2.05) is 13.8 Å². The summed E-state index contributed by atoms with van der Waals surface area (Å²) in [6, 6.07) is 5.05. The lowest BCUT2D eigenvalue weighted by Crippen LogP contribution is -2.11. The molecular weight excluding hydrogens is 312 g/mol. The van der Waals surface area contributed by atoms with Crippen LogP contribution in [0.15, 0.2) is 22.7 Å². The molecule has 0 aliphatic heterocycles. The Morgan fingerprint density at radius 3 is 2.21 bits per heavy atom. The molecule has 0 aliphatic rings. The van der Waals surface area contributed by atoms with E-state index in [1.165, 1.54) is 0 Å². The molecule has 0 spiro atoms. The molecule has 1 rings (SSSR count). The number of esters is 2. The Balaban J connectivity index is 2.88. The first-order chi connectivity index (χ1) is 9.08. The van der Waals surface area contributed by atoms with E-state index in [2.05, 4.69) is 15.9 Å². The van der Waals surface area contributed by atoms with Crippen LogP contribution in [0.25, 0.3) is 0 Å². The Morgan fingerprint density at radius 2 is 1.63 bits per heavy atom. The molecule has 0 N–H and O–H groups in total. The summed E-state index contributed by atoms with van der Waals surface area (Å²) in [6.07, 6.45) is 2.06. The van der Waals surface area contributed by atoms with E-state index >= 15 is 0 Å². The number of carbonyl (C=O) groups is 2. The van der Waals surface area contributed by atoms with Gasteiger partial charge in [0.2, 0.25) is 0 Å². The predicted octanol–water partition coefficient (Wildman–Crippen LogP) is 3.86. The third-order valence-electron chi connectivity index (χ3n) is 2.28. The first-order valence-electron chi connectivity index (χ1n) is 6.28. The zero-order chi connectivity index (χ0) is 14.3. The highest BCUT2D eigenvalue weighted by Gasteiger charge is 2.15. The minimum atomic E-state index is -0.345. The highest BCUT2D eigenvalue weighted by atomic mass is 79.9. The molecule has 1 aromatic rings. The van der Waals surface area contributed by atoms with Crippen LogP contribution in [0.1, 0.15) is 39.5 Å². The van der Waals surface area contributed by atoms with Gasteiger partial charge in [-0.15, -0.1) is 0 Å². The summed E-state index contributed by atoms with van der Waals surface area (Å²) in [7, 11) is 0. The molecule has 0 radical (unpaired) electrons. The number of hydrogen-bond acceptors (Lipinski definition) is 4. The minimum Gasteiger partial charge on any atom is -0.422 e. The molecule has 0 bridgehead atoms. The van der Waals surface area contributed by atoms with Crippen molar-refractivity contribution in [3.8, 4) is 11.5 Å². The molecule has 4 nitrogen and oxygen atoms in total. The number of para-hydroxylation sites is 1. The summed E-state index contributed by atoms with van der Waals surface area (Å²) in [5, 5.41) is 0. The summed E-state index contributed by atoms with van der Waals surface area (Å²) in [6.45, 7) is 3.79. The van der Waals surface area contributed by atoms with Crippen LogP contribution in [0.5, 0.6) is 11.5 Å². The molecule has 0 atom stereocenters. The number of ether oxygens (including phenoxy) is 2.